The van der Waals surface area contributed by atoms with Gasteiger partial charge in [0, 0.05) is 24.4 Å². The summed E-state index contributed by atoms with van der Waals surface area (Å²) in [5.41, 5.74) is 2.76. The quantitative estimate of drug-likeness (QED) is 0.445. The summed E-state index contributed by atoms with van der Waals surface area (Å²) >= 11 is 6.30. The normalized spacial score (nSPS) is 10.3. The summed E-state index contributed by atoms with van der Waals surface area (Å²) in [5, 5.41) is 14.5. The van der Waals surface area contributed by atoms with Crippen LogP contribution in [0, 0.1) is 10.1 Å². The number of anilines is 1. The van der Waals surface area contributed by atoms with Crippen LogP contribution in [-0.4, -0.2) is 4.92 Å². The molecule has 26 heavy (non-hydrogen) atoms. The van der Waals surface area contributed by atoms with Gasteiger partial charge in [0.2, 0.25) is 0 Å². The number of nitrogens with one attached hydrogen (secondary N) is 1. The van der Waals surface area contributed by atoms with Crippen molar-refractivity contribution in [2.45, 2.75) is 13.2 Å². The van der Waals surface area contributed by atoms with E-state index in [1.807, 2.05) is 48.5 Å². The van der Waals surface area contributed by atoms with Crippen LogP contribution in [0.15, 0.2) is 72.8 Å². The molecule has 0 fully saturated rings. The molecule has 0 amide bonds. The van der Waals surface area contributed by atoms with E-state index in [-0.39, 0.29) is 5.69 Å². The first-order chi connectivity index (χ1) is 12.6. The van der Waals surface area contributed by atoms with Gasteiger partial charge in [0.05, 0.1) is 9.95 Å². The van der Waals surface area contributed by atoms with Crippen molar-refractivity contribution in [1.29, 1.82) is 0 Å². The first-order valence-electron chi connectivity index (χ1n) is 8.05. The second-order valence-electron chi connectivity index (χ2n) is 5.70. The van der Waals surface area contributed by atoms with Crippen LogP contribution in [0.3, 0.4) is 0 Å². The summed E-state index contributed by atoms with van der Waals surface area (Å²) in [6.07, 6.45) is 0. The highest BCUT2D eigenvalue weighted by atomic mass is 35.5. The molecule has 0 heterocycles. The predicted molar refractivity (Wildman–Crippen MR) is 103 cm³/mol. The van der Waals surface area contributed by atoms with Gasteiger partial charge in [-0.15, -0.1) is 0 Å². The third kappa shape index (κ3) is 4.74. The fraction of sp³-hybridized carbons (Fsp3) is 0.100. The first-order valence-corrected chi connectivity index (χ1v) is 8.43. The maximum Gasteiger partial charge on any atom is 0.271 e. The molecule has 3 rings (SSSR count). The van der Waals surface area contributed by atoms with E-state index in [9.17, 15) is 10.1 Å². The summed E-state index contributed by atoms with van der Waals surface area (Å²) in [5.74, 6) is 0.620. The van der Waals surface area contributed by atoms with Crippen molar-refractivity contribution < 1.29 is 9.66 Å². The molecule has 0 saturated carbocycles. The van der Waals surface area contributed by atoms with Crippen LogP contribution in [0.4, 0.5) is 11.4 Å². The Morgan fingerprint density at radius 1 is 0.962 bits per heavy atom. The van der Waals surface area contributed by atoms with Crippen LogP contribution in [-0.2, 0) is 13.2 Å². The molecule has 0 aliphatic carbocycles. The van der Waals surface area contributed by atoms with Gasteiger partial charge in [-0.2, -0.15) is 0 Å². The number of nitro benzene ring substituents is 1. The van der Waals surface area contributed by atoms with Gasteiger partial charge in [0.25, 0.3) is 5.69 Å². The summed E-state index contributed by atoms with van der Waals surface area (Å²) in [6.45, 7) is 0.950. The van der Waals surface area contributed by atoms with E-state index < -0.39 is 4.92 Å². The summed E-state index contributed by atoms with van der Waals surface area (Å²) in [7, 11) is 0. The molecule has 0 radical (unpaired) electrons. The molecule has 0 aliphatic heterocycles. The smallest absolute Gasteiger partial charge is 0.271 e. The van der Waals surface area contributed by atoms with Crippen molar-refractivity contribution >= 4 is 23.0 Å². The maximum absolute atomic E-state index is 10.8. The van der Waals surface area contributed by atoms with Crippen LogP contribution >= 0.6 is 11.6 Å². The molecular formula is C20H17ClN2O3. The average Bonchev–Trinajstić information content (AvgIpc) is 2.66. The van der Waals surface area contributed by atoms with E-state index in [1.165, 1.54) is 12.1 Å². The van der Waals surface area contributed by atoms with Gasteiger partial charge >= 0.3 is 0 Å². The molecule has 0 aromatic heterocycles. The number of hydrogen-bond acceptors (Lipinski definition) is 4. The van der Waals surface area contributed by atoms with Crippen molar-refractivity contribution in [3.8, 4) is 5.75 Å². The fourth-order valence-corrected chi connectivity index (χ4v) is 2.70. The van der Waals surface area contributed by atoms with Gasteiger partial charge in [-0.1, -0.05) is 54.1 Å². The Morgan fingerprint density at radius 2 is 1.77 bits per heavy atom. The average molecular weight is 369 g/mol. The van der Waals surface area contributed by atoms with E-state index in [4.69, 9.17) is 16.3 Å². The molecule has 0 unspecified atom stereocenters. The molecule has 5 nitrogen and oxygen atoms in total. The fourth-order valence-electron chi connectivity index (χ4n) is 2.44. The van der Waals surface area contributed by atoms with E-state index in [2.05, 4.69) is 5.32 Å². The Labute approximate surface area is 156 Å². The molecule has 0 bridgehead atoms. The highest BCUT2D eigenvalue weighted by Crippen LogP contribution is 2.27. The molecule has 132 valence electrons. The van der Waals surface area contributed by atoms with Gasteiger partial charge in [0.1, 0.15) is 12.4 Å². The van der Waals surface area contributed by atoms with Gasteiger partial charge in [-0.05, 0) is 29.3 Å². The molecule has 0 saturated heterocycles. The number of halogens is 1. The van der Waals surface area contributed by atoms with Crippen LogP contribution < -0.4 is 10.1 Å². The topological polar surface area (TPSA) is 64.4 Å². The van der Waals surface area contributed by atoms with Gasteiger partial charge < -0.3 is 10.1 Å². The van der Waals surface area contributed by atoms with E-state index in [0.717, 1.165) is 11.1 Å². The second kappa shape index (κ2) is 8.36. The Kier molecular flexibility index (Phi) is 5.71. The SMILES string of the molecule is O=[N+]([O-])c1cccc(NCc2ccc(OCc3ccccc3)c(Cl)c2)c1. The van der Waals surface area contributed by atoms with Gasteiger partial charge in [-0.3, -0.25) is 10.1 Å². The highest BCUT2D eigenvalue weighted by Gasteiger charge is 2.07. The molecule has 0 spiro atoms. The molecule has 0 aliphatic rings. The molecular weight excluding hydrogens is 352 g/mol. The van der Waals surface area contributed by atoms with Crippen molar-refractivity contribution in [3.63, 3.8) is 0 Å². The summed E-state index contributed by atoms with van der Waals surface area (Å²) < 4.78 is 5.76. The van der Waals surface area contributed by atoms with Crippen LogP contribution in [0.2, 0.25) is 5.02 Å². The zero-order valence-corrected chi connectivity index (χ0v) is 14.6. The number of nitro groups is 1. The minimum absolute atomic E-state index is 0.0534. The van der Waals surface area contributed by atoms with E-state index in [0.29, 0.717) is 29.6 Å². The van der Waals surface area contributed by atoms with Crippen molar-refractivity contribution in [1.82, 2.24) is 0 Å². The zero-order chi connectivity index (χ0) is 18.4. The van der Waals surface area contributed by atoms with E-state index in [1.54, 1.807) is 12.1 Å². The lowest BCUT2D eigenvalue weighted by Crippen LogP contribution is -2.01. The van der Waals surface area contributed by atoms with E-state index >= 15 is 0 Å². The molecule has 6 heteroatoms. The highest BCUT2D eigenvalue weighted by molar-refractivity contribution is 6.32. The predicted octanol–water partition coefficient (Wildman–Crippen LogP) is 5.44. The number of nitrogens with zero attached hydrogens (tertiary/aromatic N) is 1. The minimum Gasteiger partial charge on any atom is -0.487 e. The summed E-state index contributed by atoms with van der Waals surface area (Å²) in [4.78, 5) is 10.4. The third-order valence-electron chi connectivity index (χ3n) is 3.79. The standard InChI is InChI=1S/C20H17ClN2O3/c21-19-11-16(13-22-17-7-4-8-18(12-17)23(24)25)9-10-20(19)26-14-15-5-2-1-3-6-15/h1-12,22H,13-14H2. The van der Waals surface area contributed by atoms with Crippen LogP contribution in [0.25, 0.3) is 0 Å². The lowest BCUT2D eigenvalue weighted by molar-refractivity contribution is -0.384. The molecule has 3 aromatic rings. The zero-order valence-electron chi connectivity index (χ0n) is 13.9. The lowest BCUT2D eigenvalue weighted by Gasteiger charge is -2.11. The largest absolute Gasteiger partial charge is 0.487 e. The Balaban J connectivity index is 1.60. The number of hydrogen-bond donors (Lipinski definition) is 1. The van der Waals surface area contributed by atoms with Crippen molar-refractivity contribution in [2.24, 2.45) is 0 Å². The third-order valence-corrected chi connectivity index (χ3v) is 4.08. The first kappa shape index (κ1) is 17.8. The van der Waals surface area contributed by atoms with Crippen LogP contribution in [0.5, 0.6) is 5.75 Å². The second-order valence-corrected chi connectivity index (χ2v) is 6.11. The van der Waals surface area contributed by atoms with Crippen molar-refractivity contribution in [2.75, 3.05) is 5.32 Å². The van der Waals surface area contributed by atoms with Crippen molar-refractivity contribution in [3.05, 3.63) is 99.1 Å². The van der Waals surface area contributed by atoms with Gasteiger partial charge in [0.15, 0.2) is 0 Å². The Morgan fingerprint density at radius 3 is 2.50 bits per heavy atom. The molecule has 3 aromatic carbocycles. The maximum atomic E-state index is 10.8. The van der Waals surface area contributed by atoms with Crippen LogP contribution in [0.1, 0.15) is 11.1 Å². The number of non-ortho nitro benzene ring substituents is 1. The lowest BCUT2D eigenvalue weighted by atomic mass is 10.2. The molecule has 0 atom stereocenters. The number of ether oxygens (including phenoxy) is 1. The Bertz CT molecular complexity index is 901. The minimum atomic E-state index is -0.416. The van der Waals surface area contributed by atoms with Gasteiger partial charge in [-0.25, -0.2) is 0 Å². The number of benzene rings is 3. The summed E-state index contributed by atoms with van der Waals surface area (Å²) in [6, 6.07) is 21.8. The molecule has 1 N–H and O–H groups in total. The monoisotopic (exact) mass is 368 g/mol. The Hall–Kier alpha value is -3.05. The number of rotatable bonds is 7.